The molecule has 2 atom stereocenters. The first-order chi connectivity index (χ1) is 5.76. The summed E-state index contributed by atoms with van der Waals surface area (Å²) in [5.41, 5.74) is 4.78. The first-order valence-corrected chi connectivity index (χ1v) is 4.78. The van der Waals surface area contributed by atoms with E-state index < -0.39 is 11.1 Å². The summed E-state index contributed by atoms with van der Waals surface area (Å²) in [4.78, 5) is 11.6. The van der Waals surface area contributed by atoms with Gasteiger partial charge in [0.2, 0.25) is 0 Å². The van der Waals surface area contributed by atoms with Crippen LogP contribution in [0.5, 0.6) is 0 Å². The molecule has 1 fully saturated rings. The van der Waals surface area contributed by atoms with Gasteiger partial charge in [-0.25, -0.2) is 0 Å². The highest BCUT2D eigenvalue weighted by Crippen LogP contribution is 2.37. The molecular weight excluding hydrogens is 166 g/mol. The molecular formula is C10H19NO2. The fraction of sp³-hybridized carbons (Fsp3) is 0.900. The summed E-state index contributed by atoms with van der Waals surface area (Å²) in [5.74, 6) is 0.00102. The summed E-state index contributed by atoms with van der Waals surface area (Å²) in [7, 11) is 0. The van der Waals surface area contributed by atoms with Crippen LogP contribution < -0.4 is 5.73 Å². The van der Waals surface area contributed by atoms with Gasteiger partial charge in [-0.3, -0.25) is 4.79 Å². The molecule has 0 heterocycles. The third-order valence-electron chi connectivity index (χ3n) is 2.65. The van der Waals surface area contributed by atoms with Crippen molar-refractivity contribution in [3.05, 3.63) is 0 Å². The van der Waals surface area contributed by atoms with Crippen LogP contribution in [0.3, 0.4) is 0 Å². The maximum absolute atomic E-state index is 11.6. The van der Waals surface area contributed by atoms with Gasteiger partial charge in [-0.1, -0.05) is 6.92 Å². The molecule has 13 heavy (non-hydrogen) atoms. The Morgan fingerprint density at radius 1 is 1.54 bits per heavy atom. The Morgan fingerprint density at radius 2 is 2.08 bits per heavy atom. The lowest BCUT2D eigenvalue weighted by Crippen LogP contribution is -2.61. The van der Waals surface area contributed by atoms with Crippen LogP contribution in [-0.2, 0) is 9.53 Å². The lowest BCUT2D eigenvalue weighted by molar-refractivity contribution is -0.168. The number of ether oxygens (including phenoxy) is 1. The van der Waals surface area contributed by atoms with Crippen molar-refractivity contribution in [3.8, 4) is 0 Å². The lowest BCUT2D eigenvalue weighted by atomic mass is 9.68. The standard InChI is InChI=1S/C10H19NO2/c1-7-5-6-10(7,11)8(12)13-9(2,3)4/h7H,5-6,11H2,1-4H3. The fourth-order valence-electron chi connectivity index (χ4n) is 1.42. The molecule has 1 aliphatic rings. The summed E-state index contributed by atoms with van der Waals surface area (Å²) >= 11 is 0. The number of nitrogens with two attached hydrogens (primary N) is 1. The zero-order valence-electron chi connectivity index (χ0n) is 8.89. The molecule has 0 aromatic rings. The second-order valence-corrected chi connectivity index (χ2v) is 4.98. The number of esters is 1. The zero-order chi connectivity index (χ0) is 10.3. The van der Waals surface area contributed by atoms with Crippen molar-refractivity contribution in [2.24, 2.45) is 11.7 Å². The van der Waals surface area contributed by atoms with E-state index in [1.165, 1.54) is 0 Å². The Labute approximate surface area is 79.6 Å². The second-order valence-electron chi connectivity index (χ2n) is 4.98. The number of hydrogen-bond donors (Lipinski definition) is 1. The molecule has 0 amide bonds. The van der Waals surface area contributed by atoms with Gasteiger partial charge in [-0.15, -0.1) is 0 Å². The quantitative estimate of drug-likeness (QED) is 0.629. The second kappa shape index (κ2) is 2.98. The van der Waals surface area contributed by atoms with E-state index in [0.29, 0.717) is 0 Å². The van der Waals surface area contributed by atoms with E-state index in [0.717, 1.165) is 12.8 Å². The highest BCUT2D eigenvalue weighted by molar-refractivity contribution is 5.82. The normalized spacial score (nSPS) is 33.8. The summed E-state index contributed by atoms with van der Waals surface area (Å²) in [6.07, 6.45) is 1.78. The van der Waals surface area contributed by atoms with Gasteiger partial charge in [0, 0.05) is 0 Å². The average Bonchev–Trinajstić information content (AvgIpc) is 1.97. The number of carbonyl (C=O) groups excluding carboxylic acids is 1. The molecule has 3 nitrogen and oxygen atoms in total. The zero-order valence-corrected chi connectivity index (χ0v) is 8.89. The molecule has 76 valence electrons. The van der Waals surface area contributed by atoms with Gasteiger partial charge in [0.05, 0.1) is 0 Å². The van der Waals surface area contributed by atoms with Gasteiger partial charge in [-0.05, 0) is 39.5 Å². The predicted octanol–water partition coefficient (Wildman–Crippen LogP) is 1.46. The Hall–Kier alpha value is -0.570. The summed E-state index contributed by atoms with van der Waals surface area (Å²) < 4.78 is 5.25. The van der Waals surface area contributed by atoms with Gasteiger partial charge >= 0.3 is 5.97 Å². The molecule has 1 rings (SSSR count). The van der Waals surface area contributed by atoms with Crippen LogP contribution in [0.15, 0.2) is 0 Å². The van der Waals surface area contributed by atoms with E-state index in [2.05, 4.69) is 0 Å². The Morgan fingerprint density at radius 3 is 2.31 bits per heavy atom. The minimum atomic E-state index is -0.715. The average molecular weight is 185 g/mol. The number of hydrogen-bond acceptors (Lipinski definition) is 3. The molecule has 0 aromatic heterocycles. The van der Waals surface area contributed by atoms with Crippen LogP contribution >= 0.6 is 0 Å². The number of rotatable bonds is 1. The highest BCUT2D eigenvalue weighted by atomic mass is 16.6. The number of carbonyl (C=O) groups is 1. The molecule has 1 aliphatic carbocycles. The van der Waals surface area contributed by atoms with Gasteiger partial charge in [-0.2, -0.15) is 0 Å². The Balaban J connectivity index is 2.58. The SMILES string of the molecule is CC1CCC1(N)C(=O)OC(C)(C)C. The topological polar surface area (TPSA) is 52.3 Å². The van der Waals surface area contributed by atoms with Gasteiger partial charge < -0.3 is 10.5 Å². The molecule has 1 saturated carbocycles. The third kappa shape index (κ3) is 2.02. The third-order valence-corrected chi connectivity index (χ3v) is 2.65. The Kier molecular flexibility index (Phi) is 2.41. The van der Waals surface area contributed by atoms with Crippen LogP contribution in [0.1, 0.15) is 40.5 Å². The van der Waals surface area contributed by atoms with E-state index in [-0.39, 0.29) is 11.9 Å². The Bertz CT molecular complexity index is 219. The molecule has 2 unspecified atom stereocenters. The van der Waals surface area contributed by atoms with Gasteiger partial charge in [0.1, 0.15) is 11.1 Å². The van der Waals surface area contributed by atoms with Crippen LogP contribution in [0.2, 0.25) is 0 Å². The van der Waals surface area contributed by atoms with Gasteiger partial charge in [0.15, 0.2) is 0 Å². The molecule has 0 bridgehead atoms. The monoisotopic (exact) mass is 185 g/mol. The maximum Gasteiger partial charge on any atom is 0.326 e. The van der Waals surface area contributed by atoms with Crippen molar-refractivity contribution < 1.29 is 9.53 Å². The van der Waals surface area contributed by atoms with Crippen LogP contribution in [0.4, 0.5) is 0 Å². The van der Waals surface area contributed by atoms with Crippen molar-refractivity contribution in [1.82, 2.24) is 0 Å². The molecule has 0 saturated heterocycles. The van der Waals surface area contributed by atoms with E-state index >= 15 is 0 Å². The molecule has 0 spiro atoms. The predicted molar refractivity (Wildman–Crippen MR) is 51.2 cm³/mol. The van der Waals surface area contributed by atoms with E-state index in [4.69, 9.17) is 10.5 Å². The highest BCUT2D eigenvalue weighted by Gasteiger charge is 2.49. The maximum atomic E-state index is 11.6. The van der Waals surface area contributed by atoms with Crippen molar-refractivity contribution in [3.63, 3.8) is 0 Å². The van der Waals surface area contributed by atoms with Crippen molar-refractivity contribution in [2.75, 3.05) is 0 Å². The molecule has 3 heteroatoms. The first-order valence-electron chi connectivity index (χ1n) is 4.78. The van der Waals surface area contributed by atoms with Crippen LogP contribution in [-0.4, -0.2) is 17.1 Å². The summed E-state index contributed by atoms with van der Waals surface area (Å²) in [6.45, 7) is 7.57. The van der Waals surface area contributed by atoms with Crippen molar-refractivity contribution in [1.29, 1.82) is 0 Å². The van der Waals surface area contributed by atoms with Crippen molar-refractivity contribution in [2.45, 2.75) is 51.7 Å². The smallest absolute Gasteiger partial charge is 0.326 e. The van der Waals surface area contributed by atoms with E-state index in [1.807, 2.05) is 27.7 Å². The molecule has 0 aliphatic heterocycles. The van der Waals surface area contributed by atoms with Crippen molar-refractivity contribution >= 4 is 5.97 Å². The minimum Gasteiger partial charge on any atom is -0.459 e. The largest absolute Gasteiger partial charge is 0.459 e. The minimum absolute atomic E-state index is 0.251. The molecule has 0 aromatic carbocycles. The molecule has 2 N–H and O–H groups in total. The first kappa shape index (κ1) is 10.5. The lowest BCUT2D eigenvalue weighted by Gasteiger charge is -2.43. The van der Waals surface area contributed by atoms with Crippen LogP contribution in [0, 0.1) is 5.92 Å². The summed E-state index contributed by atoms with van der Waals surface area (Å²) in [6, 6.07) is 0. The van der Waals surface area contributed by atoms with E-state index in [1.54, 1.807) is 0 Å². The fourth-order valence-corrected chi connectivity index (χ4v) is 1.42. The summed E-state index contributed by atoms with van der Waals surface area (Å²) in [5, 5.41) is 0. The van der Waals surface area contributed by atoms with Crippen LogP contribution in [0.25, 0.3) is 0 Å². The van der Waals surface area contributed by atoms with E-state index in [9.17, 15) is 4.79 Å². The molecule has 0 radical (unpaired) electrons. The van der Waals surface area contributed by atoms with Gasteiger partial charge in [0.25, 0.3) is 0 Å².